The molecule has 0 bridgehead atoms. The summed E-state index contributed by atoms with van der Waals surface area (Å²) in [6.45, 7) is 1.84. The first-order valence-electron chi connectivity index (χ1n) is 4.89. The van der Waals surface area contributed by atoms with E-state index in [1.807, 2.05) is 19.1 Å². The van der Waals surface area contributed by atoms with Crippen LogP contribution in [0.5, 0.6) is 11.5 Å². The molecule has 1 heterocycles. The molecule has 1 unspecified atom stereocenters. The summed E-state index contributed by atoms with van der Waals surface area (Å²) >= 11 is 5.97. The van der Waals surface area contributed by atoms with Crippen LogP contribution in [0.3, 0.4) is 0 Å². The minimum Gasteiger partial charge on any atom is -0.452 e. The molecule has 84 valence electrons. The number of benzene rings is 1. The van der Waals surface area contributed by atoms with E-state index in [4.69, 9.17) is 22.1 Å². The normalized spacial score (nSPS) is 12.4. The lowest BCUT2D eigenvalue weighted by molar-refractivity contribution is 0.474. The Bertz CT molecular complexity index is 482. The molecule has 0 saturated carbocycles. The summed E-state index contributed by atoms with van der Waals surface area (Å²) in [5.41, 5.74) is 5.67. The van der Waals surface area contributed by atoms with Gasteiger partial charge in [0.15, 0.2) is 5.75 Å². The average molecular weight is 238 g/mol. The second kappa shape index (κ2) is 4.55. The molecule has 0 aliphatic carbocycles. The summed E-state index contributed by atoms with van der Waals surface area (Å²) in [5.74, 6) is 1.22. The second-order valence-electron chi connectivity index (χ2n) is 3.43. The number of nitrogens with zero attached hydrogens (tertiary/aromatic N) is 2. The largest absolute Gasteiger partial charge is 0.452 e. The van der Waals surface area contributed by atoms with Crippen molar-refractivity contribution < 1.29 is 4.74 Å². The summed E-state index contributed by atoms with van der Waals surface area (Å²) in [5, 5.41) is 4.63. The van der Waals surface area contributed by atoms with Crippen molar-refractivity contribution in [1.29, 1.82) is 0 Å². The van der Waals surface area contributed by atoms with Gasteiger partial charge in [-0.2, -0.15) is 5.10 Å². The fraction of sp³-hybridized carbons (Fsp3) is 0.182. The van der Waals surface area contributed by atoms with E-state index in [1.165, 1.54) is 0 Å². The summed E-state index contributed by atoms with van der Waals surface area (Å²) in [4.78, 5) is 0. The highest BCUT2D eigenvalue weighted by molar-refractivity contribution is 6.32. The third-order valence-electron chi connectivity index (χ3n) is 2.06. The molecule has 0 amide bonds. The molecule has 0 fully saturated rings. The van der Waals surface area contributed by atoms with Gasteiger partial charge in [-0.25, -0.2) is 0 Å². The predicted molar refractivity (Wildman–Crippen MR) is 62.7 cm³/mol. The van der Waals surface area contributed by atoms with Crippen LogP contribution in [0.15, 0.2) is 36.7 Å². The van der Waals surface area contributed by atoms with Crippen molar-refractivity contribution in [2.24, 2.45) is 5.73 Å². The number of hydrogen-bond donors (Lipinski definition) is 1. The molecule has 2 aromatic rings. The number of nitrogens with two attached hydrogens (primary N) is 1. The molecular formula is C11H12ClN3O. The van der Waals surface area contributed by atoms with Crippen LogP contribution in [-0.4, -0.2) is 9.78 Å². The minimum absolute atomic E-state index is 0.177. The maximum absolute atomic E-state index is 5.97. The molecule has 0 aliphatic rings. The molecule has 5 heteroatoms. The number of rotatable bonds is 3. The number of halogens is 1. The van der Waals surface area contributed by atoms with Gasteiger partial charge in [0.25, 0.3) is 0 Å². The number of aromatic nitrogens is 2. The lowest BCUT2D eigenvalue weighted by atomic mass is 10.3. The Labute approximate surface area is 98.6 Å². The summed E-state index contributed by atoms with van der Waals surface area (Å²) < 4.78 is 7.19. The highest BCUT2D eigenvalue weighted by Crippen LogP contribution is 2.28. The molecule has 1 aromatic heterocycles. The van der Waals surface area contributed by atoms with E-state index in [0.29, 0.717) is 16.5 Å². The molecule has 0 saturated heterocycles. The van der Waals surface area contributed by atoms with Crippen molar-refractivity contribution in [3.05, 3.63) is 41.7 Å². The van der Waals surface area contributed by atoms with E-state index < -0.39 is 0 Å². The summed E-state index contributed by atoms with van der Waals surface area (Å²) in [6, 6.07) is 7.27. The third kappa shape index (κ3) is 2.35. The molecule has 16 heavy (non-hydrogen) atoms. The molecule has 1 aromatic carbocycles. The van der Waals surface area contributed by atoms with Crippen LogP contribution in [0, 0.1) is 0 Å². The summed E-state index contributed by atoms with van der Waals surface area (Å²) in [6.07, 6.45) is 3.16. The zero-order chi connectivity index (χ0) is 11.5. The van der Waals surface area contributed by atoms with Crippen LogP contribution in [0.4, 0.5) is 0 Å². The Kier molecular flexibility index (Phi) is 3.12. The van der Waals surface area contributed by atoms with E-state index in [1.54, 1.807) is 29.2 Å². The van der Waals surface area contributed by atoms with E-state index in [2.05, 4.69) is 5.10 Å². The van der Waals surface area contributed by atoms with Crippen LogP contribution >= 0.6 is 11.6 Å². The fourth-order valence-corrected chi connectivity index (χ4v) is 1.42. The van der Waals surface area contributed by atoms with Crippen LogP contribution < -0.4 is 10.5 Å². The van der Waals surface area contributed by atoms with Crippen molar-refractivity contribution >= 4 is 11.6 Å². The van der Waals surface area contributed by atoms with Crippen molar-refractivity contribution in [3.8, 4) is 11.5 Å². The lowest BCUT2D eigenvalue weighted by Gasteiger charge is -2.05. The molecular weight excluding hydrogens is 226 g/mol. The molecule has 2 N–H and O–H groups in total. The van der Waals surface area contributed by atoms with Crippen LogP contribution in [0.2, 0.25) is 5.02 Å². The third-order valence-corrected chi connectivity index (χ3v) is 2.37. The molecule has 0 radical (unpaired) electrons. The Hall–Kier alpha value is -1.52. The van der Waals surface area contributed by atoms with Crippen molar-refractivity contribution in [3.63, 3.8) is 0 Å². The maximum Gasteiger partial charge on any atom is 0.165 e. The van der Waals surface area contributed by atoms with Crippen molar-refractivity contribution in [2.45, 2.75) is 13.1 Å². The van der Waals surface area contributed by atoms with E-state index in [9.17, 15) is 0 Å². The second-order valence-corrected chi connectivity index (χ2v) is 3.84. The van der Waals surface area contributed by atoms with Crippen molar-refractivity contribution in [1.82, 2.24) is 9.78 Å². The van der Waals surface area contributed by atoms with E-state index in [0.717, 1.165) is 0 Å². The maximum atomic E-state index is 5.97. The van der Waals surface area contributed by atoms with Gasteiger partial charge in [0.1, 0.15) is 5.75 Å². The SMILES string of the molecule is CC(N)n1cc(Oc2ccccc2Cl)cn1. The Morgan fingerprint density at radius 1 is 1.44 bits per heavy atom. The number of hydrogen-bond acceptors (Lipinski definition) is 3. The zero-order valence-electron chi connectivity index (χ0n) is 8.80. The average Bonchev–Trinajstić information content (AvgIpc) is 2.70. The van der Waals surface area contributed by atoms with E-state index in [-0.39, 0.29) is 6.17 Å². The molecule has 0 spiro atoms. The number of ether oxygens (including phenoxy) is 1. The van der Waals surface area contributed by atoms with Crippen LogP contribution in [0.1, 0.15) is 13.1 Å². The Morgan fingerprint density at radius 2 is 2.19 bits per heavy atom. The van der Waals surface area contributed by atoms with Gasteiger partial charge in [0, 0.05) is 0 Å². The van der Waals surface area contributed by atoms with Crippen LogP contribution in [-0.2, 0) is 0 Å². The lowest BCUT2D eigenvalue weighted by Crippen LogP contribution is -2.14. The number of para-hydroxylation sites is 1. The first-order chi connectivity index (χ1) is 7.66. The van der Waals surface area contributed by atoms with Gasteiger partial charge in [-0.1, -0.05) is 23.7 Å². The molecule has 4 nitrogen and oxygen atoms in total. The zero-order valence-corrected chi connectivity index (χ0v) is 9.56. The fourth-order valence-electron chi connectivity index (χ4n) is 1.25. The monoisotopic (exact) mass is 237 g/mol. The summed E-state index contributed by atoms with van der Waals surface area (Å²) in [7, 11) is 0. The van der Waals surface area contributed by atoms with Gasteiger partial charge in [-0.05, 0) is 19.1 Å². The van der Waals surface area contributed by atoms with Gasteiger partial charge < -0.3 is 10.5 Å². The van der Waals surface area contributed by atoms with Gasteiger partial charge in [-0.15, -0.1) is 0 Å². The standard InChI is InChI=1S/C11H12ClN3O/c1-8(13)15-7-9(6-14-15)16-11-5-3-2-4-10(11)12/h2-8H,13H2,1H3. The predicted octanol–water partition coefficient (Wildman–Crippen LogP) is 2.81. The van der Waals surface area contributed by atoms with Crippen molar-refractivity contribution in [2.75, 3.05) is 0 Å². The van der Waals surface area contributed by atoms with E-state index >= 15 is 0 Å². The topological polar surface area (TPSA) is 53.1 Å². The van der Waals surface area contributed by atoms with Gasteiger partial charge in [0.05, 0.1) is 23.6 Å². The highest BCUT2D eigenvalue weighted by atomic mass is 35.5. The van der Waals surface area contributed by atoms with Crippen LogP contribution in [0.25, 0.3) is 0 Å². The minimum atomic E-state index is -0.177. The molecule has 0 aliphatic heterocycles. The van der Waals surface area contributed by atoms with Gasteiger partial charge >= 0.3 is 0 Å². The Morgan fingerprint density at radius 3 is 2.81 bits per heavy atom. The Balaban J connectivity index is 2.18. The van der Waals surface area contributed by atoms with Gasteiger partial charge in [0.2, 0.25) is 0 Å². The smallest absolute Gasteiger partial charge is 0.165 e. The quantitative estimate of drug-likeness (QED) is 0.893. The first-order valence-corrected chi connectivity index (χ1v) is 5.27. The van der Waals surface area contributed by atoms with Gasteiger partial charge in [-0.3, -0.25) is 4.68 Å². The first kappa shape index (κ1) is 11.0. The molecule has 2 rings (SSSR count). The highest BCUT2D eigenvalue weighted by Gasteiger charge is 2.05. The molecule has 1 atom stereocenters.